The minimum Gasteiger partial charge on any atom is -1.00 e. The van der Waals surface area contributed by atoms with Crippen LogP contribution in [0.5, 0.6) is 0 Å². The van der Waals surface area contributed by atoms with E-state index in [-0.39, 0.29) is 41.1 Å². The van der Waals surface area contributed by atoms with Crippen LogP contribution in [0.15, 0.2) is 81.2 Å². The van der Waals surface area contributed by atoms with Gasteiger partial charge in [0.25, 0.3) is 0 Å². The topological polar surface area (TPSA) is 0 Å². The molecule has 0 saturated heterocycles. The van der Waals surface area contributed by atoms with Gasteiger partial charge < -0.3 is 24.8 Å². The zero-order chi connectivity index (χ0) is 32.2. The SMILES string of the molecule is CCC1=[C](/[Zr+2](=[C](\CC)c2ccccc2)[c]2c(C(C)(C)C)ccc3c2Cc2cc(C(C)(C)C)ccc2-3)C(CC)C=C1C(C)(C)C.[Cl-].[Cl-]. The molecule has 3 aromatic rings. The molecule has 246 valence electrons. The molecule has 2 aliphatic carbocycles. The first kappa shape index (κ1) is 38.9. The predicted molar refractivity (Wildman–Crippen MR) is 191 cm³/mol. The monoisotopic (exact) mass is 732 g/mol. The Morgan fingerprint density at radius 1 is 0.739 bits per heavy atom. The molecular weight excluding hydrogens is 679 g/mol. The second-order valence-corrected chi connectivity index (χ2v) is 22.1. The summed E-state index contributed by atoms with van der Waals surface area (Å²) in [6.45, 7) is 29.0. The zero-order valence-electron chi connectivity index (χ0n) is 30.5. The Labute approximate surface area is 301 Å². The van der Waals surface area contributed by atoms with Gasteiger partial charge in [0.1, 0.15) is 0 Å². The summed E-state index contributed by atoms with van der Waals surface area (Å²) >= 11 is -2.74. The van der Waals surface area contributed by atoms with Crippen LogP contribution in [0.25, 0.3) is 11.1 Å². The molecule has 0 bridgehead atoms. The maximum absolute atomic E-state index is 2.74. The maximum atomic E-state index is 2.71. The van der Waals surface area contributed by atoms with Gasteiger partial charge in [-0.15, -0.1) is 0 Å². The number of fused-ring (bicyclic) bond motifs is 3. The molecule has 0 fully saturated rings. The molecule has 1 unspecified atom stereocenters. The van der Waals surface area contributed by atoms with Crippen molar-refractivity contribution in [2.45, 2.75) is 120 Å². The fourth-order valence-corrected chi connectivity index (χ4v) is 18.2. The van der Waals surface area contributed by atoms with Crippen LogP contribution >= 0.6 is 0 Å². The molecular formula is C43H56Cl2Zr. The van der Waals surface area contributed by atoms with Crippen molar-refractivity contribution in [1.29, 1.82) is 0 Å². The number of hydrogen-bond donors (Lipinski definition) is 0. The summed E-state index contributed by atoms with van der Waals surface area (Å²) in [4.78, 5) is 0. The largest absolute Gasteiger partial charge is 1.00 e. The van der Waals surface area contributed by atoms with Crippen LogP contribution in [0.3, 0.4) is 0 Å². The summed E-state index contributed by atoms with van der Waals surface area (Å²) in [5, 5.41) is 0. The summed E-state index contributed by atoms with van der Waals surface area (Å²) in [5.41, 5.74) is 14.3. The minimum atomic E-state index is -2.74. The standard InChI is InChI=1S/C21H25.C13H21.C9H10.2ClH.Zr/c1-20(2,3)16-7-9-18-14(12-16)11-15-13-17(21(4,5)6)8-10-19(15)18;1-6-10-8-11(7-2)12(9-10)13(3,4)5;1-2-6-9-7-4-3-5-8-9;;;/h7-10,12H,11H2,1-6H3;9-10H,6-7H2,1-5H3;3-5,7-8H,2H2,1H3;2*1H;/q;;;;;+2/p-2. The third-order valence-electron chi connectivity index (χ3n) is 10.0. The number of rotatable bonds is 6. The van der Waals surface area contributed by atoms with Crippen molar-refractivity contribution in [3.63, 3.8) is 0 Å². The first-order valence-corrected chi connectivity index (χ1v) is 20.9. The van der Waals surface area contributed by atoms with Crippen molar-refractivity contribution in [3.8, 4) is 11.1 Å². The van der Waals surface area contributed by atoms with Crippen molar-refractivity contribution in [1.82, 2.24) is 0 Å². The van der Waals surface area contributed by atoms with Gasteiger partial charge in [-0.2, -0.15) is 0 Å². The average Bonchev–Trinajstić information content (AvgIpc) is 3.53. The van der Waals surface area contributed by atoms with E-state index in [2.05, 4.69) is 150 Å². The van der Waals surface area contributed by atoms with Crippen LogP contribution < -0.4 is 28.1 Å². The fourth-order valence-electron chi connectivity index (χ4n) is 7.76. The van der Waals surface area contributed by atoms with E-state index in [4.69, 9.17) is 0 Å². The third kappa shape index (κ3) is 7.24. The van der Waals surface area contributed by atoms with Gasteiger partial charge in [0, 0.05) is 0 Å². The van der Waals surface area contributed by atoms with Gasteiger partial charge in [-0.3, -0.25) is 0 Å². The fraction of sp³-hybridized carbons (Fsp3) is 0.465. The summed E-state index contributed by atoms with van der Waals surface area (Å²) in [6.07, 6.45) is 7.20. The van der Waals surface area contributed by atoms with Crippen molar-refractivity contribution in [3.05, 3.63) is 109 Å². The van der Waals surface area contributed by atoms with Crippen molar-refractivity contribution in [2.24, 2.45) is 11.3 Å². The minimum absolute atomic E-state index is 0. The Balaban J connectivity index is 0.00000288. The first-order valence-electron chi connectivity index (χ1n) is 17.2. The van der Waals surface area contributed by atoms with Gasteiger partial charge in [0.2, 0.25) is 0 Å². The van der Waals surface area contributed by atoms with Crippen LogP contribution in [-0.2, 0) is 38.5 Å². The summed E-state index contributed by atoms with van der Waals surface area (Å²) in [7, 11) is 0. The zero-order valence-corrected chi connectivity index (χ0v) is 34.5. The molecule has 3 heteroatoms. The first-order chi connectivity index (χ1) is 20.6. The van der Waals surface area contributed by atoms with E-state index in [1.807, 2.05) is 3.28 Å². The van der Waals surface area contributed by atoms with E-state index in [1.54, 1.807) is 28.8 Å². The molecule has 0 saturated carbocycles. The van der Waals surface area contributed by atoms with Gasteiger partial charge in [-0.1, -0.05) is 0 Å². The molecule has 46 heavy (non-hydrogen) atoms. The Kier molecular flexibility index (Phi) is 12.3. The molecule has 0 radical (unpaired) electrons. The molecule has 0 aliphatic heterocycles. The van der Waals surface area contributed by atoms with Crippen LogP contribution in [0.2, 0.25) is 0 Å². The second kappa shape index (κ2) is 14.5. The van der Waals surface area contributed by atoms with E-state index >= 15 is 0 Å². The van der Waals surface area contributed by atoms with E-state index in [9.17, 15) is 0 Å². The summed E-state index contributed by atoms with van der Waals surface area (Å²) < 4.78 is 5.42. The number of allylic oxidation sites excluding steroid dienone is 4. The molecule has 0 aromatic heterocycles. The van der Waals surface area contributed by atoms with Crippen LogP contribution in [0, 0.1) is 11.3 Å². The molecule has 0 N–H and O–H groups in total. The molecule has 2 aliphatic rings. The maximum Gasteiger partial charge on any atom is -1.00 e. The van der Waals surface area contributed by atoms with Crippen LogP contribution in [0.1, 0.15) is 130 Å². The third-order valence-corrected chi connectivity index (χ3v) is 18.7. The van der Waals surface area contributed by atoms with Crippen molar-refractivity contribution in [2.75, 3.05) is 0 Å². The average molecular weight is 735 g/mol. The van der Waals surface area contributed by atoms with Gasteiger partial charge in [-0.05, 0) is 0 Å². The van der Waals surface area contributed by atoms with E-state index in [0.29, 0.717) is 5.92 Å². The Bertz CT molecular complexity index is 1660. The summed E-state index contributed by atoms with van der Waals surface area (Å²) in [6, 6.07) is 23.9. The van der Waals surface area contributed by atoms with Crippen molar-refractivity contribution < 1.29 is 46.1 Å². The molecule has 1 atom stereocenters. The van der Waals surface area contributed by atoms with Gasteiger partial charge in [0.15, 0.2) is 0 Å². The molecule has 3 aromatic carbocycles. The van der Waals surface area contributed by atoms with Gasteiger partial charge >= 0.3 is 279 Å². The Morgan fingerprint density at radius 2 is 1.37 bits per heavy atom. The molecule has 0 amide bonds. The molecule has 5 rings (SSSR count). The molecule has 0 heterocycles. The number of benzene rings is 3. The van der Waals surface area contributed by atoms with Gasteiger partial charge in [-0.25, -0.2) is 0 Å². The molecule has 0 nitrogen and oxygen atoms in total. The Hall–Kier alpha value is -1.53. The second-order valence-electron chi connectivity index (χ2n) is 16.2. The smallest absolute Gasteiger partial charge is 1.00 e. The normalized spacial score (nSPS) is 16.3. The number of hydrogen-bond acceptors (Lipinski definition) is 0. The van der Waals surface area contributed by atoms with Crippen LogP contribution in [0.4, 0.5) is 0 Å². The van der Waals surface area contributed by atoms with Crippen molar-refractivity contribution >= 4 is 6.48 Å². The quantitative estimate of drug-likeness (QED) is 0.249. The van der Waals surface area contributed by atoms with E-state index < -0.39 is 21.3 Å². The van der Waals surface area contributed by atoms with Gasteiger partial charge in [0.05, 0.1) is 0 Å². The van der Waals surface area contributed by atoms with Crippen LogP contribution in [-0.4, -0.2) is 3.21 Å². The Morgan fingerprint density at radius 3 is 1.89 bits per heavy atom. The van der Waals surface area contributed by atoms with E-state index in [1.165, 1.54) is 34.2 Å². The van der Waals surface area contributed by atoms with E-state index in [0.717, 1.165) is 19.3 Å². The summed E-state index contributed by atoms with van der Waals surface area (Å²) in [5.74, 6) is 0.541. The number of halogens is 2. The molecule has 0 spiro atoms. The predicted octanol–water partition coefficient (Wildman–Crippen LogP) is 5.41.